The molecule has 2 amide bonds. The summed E-state index contributed by atoms with van der Waals surface area (Å²) in [5.41, 5.74) is 5.22. The van der Waals surface area contributed by atoms with Crippen LogP contribution in [0.3, 0.4) is 0 Å². The molecule has 3 N–H and O–H groups in total. The molecule has 0 aromatic carbocycles. The van der Waals surface area contributed by atoms with E-state index in [-0.39, 0.29) is 24.2 Å². The van der Waals surface area contributed by atoms with Crippen molar-refractivity contribution in [3.63, 3.8) is 0 Å². The molecule has 1 fully saturated rings. The van der Waals surface area contributed by atoms with Crippen molar-refractivity contribution in [3.05, 3.63) is 0 Å². The van der Waals surface area contributed by atoms with Gasteiger partial charge in [0.2, 0.25) is 11.8 Å². The summed E-state index contributed by atoms with van der Waals surface area (Å²) in [4.78, 5) is 23.0. The van der Waals surface area contributed by atoms with Crippen LogP contribution in [-0.2, 0) is 14.3 Å². The van der Waals surface area contributed by atoms with Gasteiger partial charge in [-0.2, -0.15) is 5.26 Å². The fourth-order valence-electron chi connectivity index (χ4n) is 1.77. The summed E-state index contributed by atoms with van der Waals surface area (Å²) >= 11 is 0. The third kappa shape index (κ3) is 3.71. The second-order valence-corrected chi connectivity index (χ2v) is 4.29. The van der Waals surface area contributed by atoms with E-state index in [1.165, 1.54) is 0 Å². The highest BCUT2D eigenvalue weighted by atomic mass is 16.5. The number of nitrogens with one attached hydrogen (secondary N) is 1. The SMILES string of the molecule is C[C@@H](CC#N)[C@H](NC(=O)[C@H]1CCOC1)C(N)=O. The zero-order valence-corrected chi connectivity index (χ0v) is 9.81. The normalized spacial score (nSPS) is 22.5. The van der Waals surface area contributed by atoms with Crippen molar-refractivity contribution in [2.45, 2.75) is 25.8 Å². The van der Waals surface area contributed by atoms with Gasteiger partial charge in [-0.05, 0) is 12.3 Å². The van der Waals surface area contributed by atoms with Crippen molar-refractivity contribution in [3.8, 4) is 6.07 Å². The van der Waals surface area contributed by atoms with Gasteiger partial charge in [-0.1, -0.05) is 6.92 Å². The van der Waals surface area contributed by atoms with Gasteiger partial charge in [-0.15, -0.1) is 0 Å². The Hall–Kier alpha value is -1.61. The maximum Gasteiger partial charge on any atom is 0.240 e. The molecule has 6 heteroatoms. The Morgan fingerprint density at radius 2 is 2.35 bits per heavy atom. The van der Waals surface area contributed by atoms with Gasteiger partial charge in [-0.3, -0.25) is 9.59 Å². The molecule has 1 aliphatic rings. The van der Waals surface area contributed by atoms with Gasteiger partial charge in [0.1, 0.15) is 6.04 Å². The third-order valence-electron chi connectivity index (χ3n) is 2.89. The van der Waals surface area contributed by atoms with Gasteiger partial charge in [0.05, 0.1) is 18.6 Å². The van der Waals surface area contributed by atoms with E-state index in [0.717, 1.165) is 0 Å². The van der Waals surface area contributed by atoms with Crippen LogP contribution in [0, 0.1) is 23.2 Å². The Morgan fingerprint density at radius 1 is 1.65 bits per heavy atom. The van der Waals surface area contributed by atoms with Crippen LogP contribution in [-0.4, -0.2) is 31.1 Å². The van der Waals surface area contributed by atoms with E-state index in [1.807, 2.05) is 6.07 Å². The number of hydrogen-bond acceptors (Lipinski definition) is 4. The van der Waals surface area contributed by atoms with Crippen LogP contribution >= 0.6 is 0 Å². The van der Waals surface area contributed by atoms with Crippen molar-refractivity contribution >= 4 is 11.8 Å². The molecule has 0 radical (unpaired) electrons. The second kappa shape index (κ2) is 6.21. The van der Waals surface area contributed by atoms with E-state index in [4.69, 9.17) is 15.7 Å². The first kappa shape index (κ1) is 13.5. The molecular formula is C11H17N3O3. The van der Waals surface area contributed by atoms with Crippen molar-refractivity contribution in [1.29, 1.82) is 5.26 Å². The number of ether oxygens (including phenoxy) is 1. The van der Waals surface area contributed by atoms with Gasteiger partial charge in [-0.25, -0.2) is 0 Å². The van der Waals surface area contributed by atoms with Crippen LogP contribution in [0.4, 0.5) is 0 Å². The Bertz CT molecular complexity index is 331. The molecule has 0 aromatic heterocycles. The minimum Gasteiger partial charge on any atom is -0.381 e. The van der Waals surface area contributed by atoms with E-state index < -0.39 is 11.9 Å². The lowest BCUT2D eigenvalue weighted by molar-refractivity contribution is -0.130. The number of amides is 2. The lowest BCUT2D eigenvalue weighted by Gasteiger charge is -2.21. The first-order valence-electron chi connectivity index (χ1n) is 5.60. The molecule has 6 nitrogen and oxygen atoms in total. The van der Waals surface area contributed by atoms with Gasteiger partial charge in [0.15, 0.2) is 0 Å². The Balaban J connectivity index is 2.57. The van der Waals surface area contributed by atoms with E-state index in [2.05, 4.69) is 5.32 Å². The van der Waals surface area contributed by atoms with Crippen molar-refractivity contribution < 1.29 is 14.3 Å². The largest absolute Gasteiger partial charge is 0.381 e. The predicted octanol–water partition coefficient (Wildman–Crippen LogP) is -0.457. The first-order valence-corrected chi connectivity index (χ1v) is 5.60. The third-order valence-corrected chi connectivity index (χ3v) is 2.89. The number of nitrogens with zero attached hydrogens (tertiary/aromatic N) is 1. The zero-order valence-electron chi connectivity index (χ0n) is 9.81. The van der Waals surface area contributed by atoms with Crippen molar-refractivity contribution in [2.75, 3.05) is 13.2 Å². The fraction of sp³-hybridized carbons (Fsp3) is 0.727. The van der Waals surface area contributed by atoms with Crippen LogP contribution < -0.4 is 11.1 Å². The minimum atomic E-state index is -0.789. The van der Waals surface area contributed by atoms with Crippen LogP contribution in [0.15, 0.2) is 0 Å². The number of carbonyl (C=O) groups is 2. The van der Waals surface area contributed by atoms with E-state index in [0.29, 0.717) is 19.6 Å². The summed E-state index contributed by atoms with van der Waals surface area (Å²) in [7, 11) is 0. The molecule has 1 aliphatic heterocycles. The molecular weight excluding hydrogens is 222 g/mol. The quantitative estimate of drug-likeness (QED) is 0.677. The molecule has 0 unspecified atom stereocenters. The Labute approximate surface area is 100 Å². The number of hydrogen-bond donors (Lipinski definition) is 2. The molecule has 0 spiro atoms. The number of carbonyl (C=O) groups excluding carboxylic acids is 2. The molecule has 0 aromatic rings. The standard InChI is InChI=1S/C11H17N3O3/c1-7(2-4-12)9(10(13)15)14-11(16)8-3-5-17-6-8/h7-9H,2-3,5-6H2,1H3,(H2,13,15)(H,14,16)/t7-,8-,9-/m0/s1. The molecule has 3 atom stereocenters. The summed E-state index contributed by atoms with van der Waals surface area (Å²) in [5, 5.41) is 11.2. The molecule has 17 heavy (non-hydrogen) atoms. The van der Waals surface area contributed by atoms with Crippen molar-refractivity contribution in [2.24, 2.45) is 17.6 Å². The maximum absolute atomic E-state index is 11.8. The Morgan fingerprint density at radius 3 is 2.82 bits per heavy atom. The van der Waals surface area contributed by atoms with Gasteiger partial charge >= 0.3 is 0 Å². The lowest BCUT2D eigenvalue weighted by atomic mass is 9.97. The smallest absolute Gasteiger partial charge is 0.240 e. The summed E-state index contributed by atoms with van der Waals surface area (Å²) in [6.07, 6.45) is 0.832. The monoisotopic (exact) mass is 239 g/mol. The maximum atomic E-state index is 11.8. The van der Waals surface area contributed by atoms with E-state index in [1.54, 1.807) is 6.92 Å². The molecule has 1 heterocycles. The second-order valence-electron chi connectivity index (χ2n) is 4.29. The summed E-state index contributed by atoms with van der Waals surface area (Å²) in [6, 6.07) is 1.17. The summed E-state index contributed by atoms with van der Waals surface area (Å²) in [6.45, 7) is 2.65. The number of nitrogens with two attached hydrogens (primary N) is 1. The Kier molecular flexibility index (Phi) is 4.91. The fourth-order valence-corrected chi connectivity index (χ4v) is 1.77. The average molecular weight is 239 g/mol. The summed E-state index contributed by atoms with van der Waals surface area (Å²) < 4.78 is 5.10. The molecule has 0 aliphatic carbocycles. The zero-order chi connectivity index (χ0) is 12.8. The highest BCUT2D eigenvalue weighted by Crippen LogP contribution is 2.14. The topological polar surface area (TPSA) is 105 Å². The van der Waals surface area contributed by atoms with Crippen LogP contribution in [0.25, 0.3) is 0 Å². The number of rotatable bonds is 5. The first-order chi connectivity index (χ1) is 8.06. The molecule has 0 bridgehead atoms. The lowest BCUT2D eigenvalue weighted by Crippen LogP contribution is -2.50. The van der Waals surface area contributed by atoms with Gasteiger partial charge in [0, 0.05) is 13.0 Å². The highest BCUT2D eigenvalue weighted by Gasteiger charge is 2.29. The highest BCUT2D eigenvalue weighted by molar-refractivity contribution is 5.87. The predicted molar refractivity (Wildman–Crippen MR) is 59.4 cm³/mol. The van der Waals surface area contributed by atoms with Crippen LogP contribution in [0.1, 0.15) is 19.8 Å². The van der Waals surface area contributed by atoms with Crippen LogP contribution in [0.5, 0.6) is 0 Å². The molecule has 1 rings (SSSR count). The van der Waals surface area contributed by atoms with Gasteiger partial charge < -0.3 is 15.8 Å². The average Bonchev–Trinajstić information content (AvgIpc) is 2.78. The number of nitriles is 1. The number of primary amides is 1. The van der Waals surface area contributed by atoms with Crippen molar-refractivity contribution in [1.82, 2.24) is 5.32 Å². The van der Waals surface area contributed by atoms with E-state index >= 15 is 0 Å². The van der Waals surface area contributed by atoms with Gasteiger partial charge in [0.25, 0.3) is 0 Å². The summed E-state index contributed by atoms with van der Waals surface area (Å²) in [5.74, 6) is -1.34. The molecule has 0 saturated carbocycles. The minimum absolute atomic E-state index is 0.176. The molecule has 1 saturated heterocycles. The van der Waals surface area contributed by atoms with Crippen LogP contribution in [0.2, 0.25) is 0 Å². The molecule has 94 valence electrons. The van der Waals surface area contributed by atoms with E-state index in [9.17, 15) is 9.59 Å².